The van der Waals surface area contributed by atoms with Gasteiger partial charge in [-0.2, -0.15) is 0 Å². The van der Waals surface area contributed by atoms with Crippen molar-refractivity contribution in [2.75, 3.05) is 20.3 Å². The maximum Gasteiger partial charge on any atom is 0.358 e. The lowest BCUT2D eigenvalue weighted by Crippen LogP contribution is -2.50. The molecule has 10 heteroatoms. The van der Waals surface area contributed by atoms with E-state index >= 15 is 0 Å². The predicted molar refractivity (Wildman–Crippen MR) is 109 cm³/mol. The van der Waals surface area contributed by atoms with E-state index in [1.54, 1.807) is 38.5 Å². The standard InChI is InChI=1S/C20H21N3O6S/c1-4-28-19(25)16-11(2)21-20(26)23-14(16)9-29-18(24)15-10-30-17(22-15)12-5-7-13(27-3)8-6-12/h5-8,10-11H,4,9H2,1-3H3,(H2,21,23,26). The number of hydrogen-bond acceptors (Lipinski definition) is 8. The SMILES string of the molecule is CCOC(=O)C1=C(COC(=O)c2csc(-c3ccc(OC)cc3)n2)NC(=O)NC1C. The quantitative estimate of drug-likeness (QED) is 0.647. The summed E-state index contributed by atoms with van der Waals surface area (Å²) < 4.78 is 15.4. The Morgan fingerprint density at radius 2 is 1.90 bits per heavy atom. The highest BCUT2D eigenvalue weighted by Crippen LogP contribution is 2.26. The van der Waals surface area contributed by atoms with Crippen LogP contribution in [0.2, 0.25) is 0 Å². The summed E-state index contributed by atoms with van der Waals surface area (Å²) >= 11 is 1.30. The number of ether oxygens (including phenoxy) is 3. The van der Waals surface area contributed by atoms with Crippen LogP contribution < -0.4 is 15.4 Å². The lowest BCUT2D eigenvalue weighted by Gasteiger charge is -2.26. The number of urea groups is 1. The van der Waals surface area contributed by atoms with Gasteiger partial charge in [-0.25, -0.2) is 19.4 Å². The summed E-state index contributed by atoms with van der Waals surface area (Å²) in [5.74, 6) is -0.528. The van der Waals surface area contributed by atoms with Gasteiger partial charge in [0.25, 0.3) is 0 Å². The number of rotatable bonds is 7. The van der Waals surface area contributed by atoms with E-state index in [2.05, 4.69) is 15.6 Å². The van der Waals surface area contributed by atoms with Crippen molar-refractivity contribution >= 4 is 29.3 Å². The molecule has 0 aliphatic carbocycles. The van der Waals surface area contributed by atoms with Gasteiger partial charge in [-0.1, -0.05) is 0 Å². The molecule has 1 aliphatic rings. The minimum atomic E-state index is -0.665. The largest absolute Gasteiger partial charge is 0.497 e. The van der Waals surface area contributed by atoms with Crippen LogP contribution >= 0.6 is 11.3 Å². The summed E-state index contributed by atoms with van der Waals surface area (Å²) in [6.45, 7) is 3.22. The Morgan fingerprint density at radius 3 is 2.57 bits per heavy atom. The molecule has 2 aromatic rings. The first-order valence-electron chi connectivity index (χ1n) is 9.17. The maximum atomic E-state index is 12.4. The van der Waals surface area contributed by atoms with E-state index in [-0.39, 0.29) is 30.2 Å². The van der Waals surface area contributed by atoms with Gasteiger partial charge in [0.1, 0.15) is 17.4 Å². The zero-order chi connectivity index (χ0) is 21.7. The lowest BCUT2D eigenvalue weighted by atomic mass is 10.0. The lowest BCUT2D eigenvalue weighted by molar-refractivity contribution is -0.139. The van der Waals surface area contributed by atoms with Crippen LogP contribution in [0.15, 0.2) is 40.9 Å². The molecule has 0 fully saturated rings. The molecule has 0 spiro atoms. The molecule has 0 bridgehead atoms. The van der Waals surface area contributed by atoms with Gasteiger partial charge < -0.3 is 24.8 Å². The molecule has 1 unspecified atom stereocenters. The number of thiazole rings is 1. The minimum absolute atomic E-state index is 0.136. The molecule has 9 nitrogen and oxygen atoms in total. The Hall–Kier alpha value is -3.40. The second kappa shape index (κ2) is 9.40. The Kier molecular flexibility index (Phi) is 6.68. The van der Waals surface area contributed by atoms with Crippen molar-refractivity contribution < 1.29 is 28.6 Å². The van der Waals surface area contributed by atoms with E-state index in [9.17, 15) is 14.4 Å². The van der Waals surface area contributed by atoms with Crippen molar-refractivity contribution in [3.63, 3.8) is 0 Å². The van der Waals surface area contributed by atoms with E-state index in [4.69, 9.17) is 14.2 Å². The van der Waals surface area contributed by atoms with E-state index in [0.29, 0.717) is 5.01 Å². The highest BCUT2D eigenvalue weighted by atomic mass is 32.1. The van der Waals surface area contributed by atoms with Crippen molar-refractivity contribution in [1.82, 2.24) is 15.6 Å². The maximum absolute atomic E-state index is 12.4. The topological polar surface area (TPSA) is 116 Å². The van der Waals surface area contributed by atoms with Gasteiger partial charge in [0.05, 0.1) is 31.0 Å². The van der Waals surface area contributed by atoms with Gasteiger partial charge in [-0.05, 0) is 38.1 Å². The molecule has 2 amide bonds. The van der Waals surface area contributed by atoms with E-state index in [1.807, 2.05) is 12.1 Å². The van der Waals surface area contributed by atoms with Gasteiger partial charge in [0.15, 0.2) is 5.69 Å². The van der Waals surface area contributed by atoms with Crippen LogP contribution in [0.25, 0.3) is 10.6 Å². The fourth-order valence-electron chi connectivity index (χ4n) is 2.84. The number of aromatic nitrogens is 1. The van der Waals surface area contributed by atoms with Crippen LogP contribution in [0.4, 0.5) is 4.79 Å². The zero-order valence-electron chi connectivity index (χ0n) is 16.7. The summed E-state index contributed by atoms with van der Waals surface area (Å²) in [6.07, 6.45) is 0. The fourth-order valence-corrected chi connectivity index (χ4v) is 3.63. The zero-order valence-corrected chi connectivity index (χ0v) is 17.5. The third-order valence-corrected chi connectivity index (χ3v) is 5.15. The summed E-state index contributed by atoms with van der Waals surface area (Å²) in [6, 6.07) is 6.23. The molecule has 30 heavy (non-hydrogen) atoms. The van der Waals surface area contributed by atoms with Gasteiger partial charge in [-0.15, -0.1) is 11.3 Å². The van der Waals surface area contributed by atoms with Crippen LogP contribution in [-0.4, -0.2) is 49.3 Å². The van der Waals surface area contributed by atoms with Gasteiger partial charge in [-0.3, -0.25) is 0 Å². The molecule has 158 valence electrons. The van der Waals surface area contributed by atoms with Crippen LogP contribution in [-0.2, 0) is 14.3 Å². The van der Waals surface area contributed by atoms with Crippen LogP contribution in [0, 0.1) is 0 Å². The minimum Gasteiger partial charge on any atom is -0.497 e. The first-order chi connectivity index (χ1) is 14.4. The van der Waals surface area contributed by atoms with Crippen molar-refractivity contribution in [2.24, 2.45) is 0 Å². The van der Waals surface area contributed by atoms with Gasteiger partial charge >= 0.3 is 18.0 Å². The Bertz CT molecular complexity index is 983. The number of esters is 2. The summed E-state index contributed by atoms with van der Waals surface area (Å²) in [4.78, 5) is 40.7. The van der Waals surface area contributed by atoms with Crippen molar-refractivity contribution in [2.45, 2.75) is 19.9 Å². The number of carbonyl (C=O) groups is 3. The third kappa shape index (κ3) is 4.77. The number of nitrogens with zero attached hydrogens (tertiary/aromatic N) is 1. The molecule has 0 saturated carbocycles. The summed E-state index contributed by atoms with van der Waals surface area (Å²) in [5, 5.41) is 7.33. The molecular weight excluding hydrogens is 410 g/mol. The molecule has 1 aliphatic heterocycles. The van der Waals surface area contributed by atoms with Crippen molar-refractivity contribution in [1.29, 1.82) is 0 Å². The summed E-state index contributed by atoms with van der Waals surface area (Å²) in [7, 11) is 1.58. The second-order valence-electron chi connectivity index (χ2n) is 6.28. The molecule has 2 N–H and O–H groups in total. The Balaban J connectivity index is 1.72. The van der Waals surface area contributed by atoms with Gasteiger partial charge in [0.2, 0.25) is 0 Å². The molecule has 3 rings (SSSR count). The van der Waals surface area contributed by atoms with Crippen molar-refractivity contribution in [3.8, 4) is 16.3 Å². The van der Waals surface area contributed by atoms with Crippen LogP contribution in [0.3, 0.4) is 0 Å². The average molecular weight is 431 g/mol. The first-order valence-corrected chi connectivity index (χ1v) is 10.1. The summed E-state index contributed by atoms with van der Waals surface area (Å²) in [5.41, 5.74) is 1.37. The second-order valence-corrected chi connectivity index (χ2v) is 7.13. The first kappa shape index (κ1) is 21.3. The molecular formula is C20H21N3O6S. The van der Waals surface area contributed by atoms with E-state index < -0.39 is 24.0 Å². The number of benzene rings is 1. The number of carbonyl (C=O) groups excluding carboxylic acids is 3. The Labute approximate surface area is 177 Å². The fraction of sp³-hybridized carbons (Fsp3) is 0.300. The van der Waals surface area contributed by atoms with Crippen molar-refractivity contribution in [3.05, 3.63) is 46.6 Å². The number of hydrogen-bond donors (Lipinski definition) is 2. The van der Waals surface area contributed by atoms with Crippen LogP contribution in [0.5, 0.6) is 5.75 Å². The molecule has 0 radical (unpaired) electrons. The monoisotopic (exact) mass is 431 g/mol. The third-order valence-electron chi connectivity index (χ3n) is 4.26. The van der Waals surface area contributed by atoms with Gasteiger partial charge in [0, 0.05) is 10.9 Å². The molecule has 0 saturated heterocycles. The Morgan fingerprint density at radius 1 is 1.17 bits per heavy atom. The smallest absolute Gasteiger partial charge is 0.358 e. The average Bonchev–Trinajstić information content (AvgIpc) is 3.22. The number of nitrogens with one attached hydrogen (secondary N) is 2. The number of methoxy groups -OCH3 is 1. The number of amides is 2. The molecule has 1 aromatic heterocycles. The van der Waals surface area contributed by atoms with Crippen LogP contribution in [0.1, 0.15) is 24.3 Å². The predicted octanol–water partition coefficient (Wildman–Crippen LogP) is 2.49. The highest BCUT2D eigenvalue weighted by molar-refractivity contribution is 7.13. The molecule has 1 aromatic carbocycles. The van der Waals surface area contributed by atoms with E-state index in [1.165, 1.54) is 11.3 Å². The molecule has 1 atom stereocenters. The normalized spacial score (nSPS) is 15.8. The molecule has 2 heterocycles. The highest BCUT2D eigenvalue weighted by Gasteiger charge is 2.30. The van der Waals surface area contributed by atoms with E-state index in [0.717, 1.165) is 11.3 Å².